The van der Waals surface area contributed by atoms with E-state index in [4.69, 9.17) is 0 Å². The number of benzene rings is 1. The van der Waals surface area contributed by atoms with Gasteiger partial charge in [0.1, 0.15) is 0 Å². The molecule has 0 saturated carbocycles. The first-order valence-corrected chi connectivity index (χ1v) is 5.73. The number of hydrogen-bond donors (Lipinski definition) is 0. The summed E-state index contributed by atoms with van der Waals surface area (Å²) in [5.74, 6) is 0. The molecule has 2 aromatic heterocycles. The molecule has 0 bridgehead atoms. The van der Waals surface area contributed by atoms with E-state index in [2.05, 4.69) is 4.98 Å². The van der Waals surface area contributed by atoms with Crippen LogP contribution in [0.3, 0.4) is 0 Å². The molecule has 0 saturated heterocycles. The average molecular weight is 228 g/mol. The number of imidazole rings is 1. The van der Waals surface area contributed by atoms with E-state index in [0.717, 1.165) is 22.5 Å². The molecule has 0 amide bonds. The van der Waals surface area contributed by atoms with Crippen molar-refractivity contribution in [1.29, 1.82) is 0 Å². The number of hydrogen-bond acceptors (Lipinski definition) is 3. The van der Waals surface area contributed by atoms with E-state index in [1.807, 2.05) is 40.4 Å². The smallest absolute Gasteiger partial charge is 0.194 e. The SMILES string of the molecule is O=Cc1ccccc1-c1cn2ccsc2n1. The number of carbonyl (C=O) groups excluding carboxylic acids is 1. The predicted molar refractivity (Wildman–Crippen MR) is 63.9 cm³/mol. The molecule has 78 valence electrons. The van der Waals surface area contributed by atoms with E-state index in [9.17, 15) is 4.79 Å². The lowest BCUT2D eigenvalue weighted by Gasteiger charge is -1.98. The monoisotopic (exact) mass is 228 g/mol. The molecular weight excluding hydrogens is 220 g/mol. The molecule has 3 rings (SSSR count). The third-order valence-corrected chi connectivity index (χ3v) is 3.23. The highest BCUT2D eigenvalue weighted by Gasteiger charge is 2.08. The zero-order chi connectivity index (χ0) is 11.0. The molecule has 0 N–H and O–H groups in total. The Labute approximate surface area is 96.0 Å². The molecule has 0 aliphatic heterocycles. The average Bonchev–Trinajstić information content (AvgIpc) is 2.89. The van der Waals surface area contributed by atoms with Crippen LogP contribution in [0.15, 0.2) is 42.0 Å². The van der Waals surface area contributed by atoms with Gasteiger partial charge >= 0.3 is 0 Å². The van der Waals surface area contributed by atoms with E-state index in [1.165, 1.54) is 0 Å². The number of carbonyl (C=O) groups is 1. The lowest BCUT2D eigenvalue weighted by atomic mass is 10.1. The van der Waals surface area contributed by atoms with Crippen LogP contribution < -0.4 is 0 Å². The second-order valence-corrected chi connectivity index (χ2v) is 4.30. The first-order valence-electron chi connectivity index (χ1n) is 4.85. The fraction of sp³-hybridized carbons (Fsp3) is 0. The molecule has 0 atom stereocenters. The zero-order valence-electron chi connectivity index (χ0n) is 8.33. The predicted octanol–water partition coefficient (Wildman–Crippen LogP) is 2.88. The molecule has 3 aromatic rings. The van der Waals surface area contributed by atoms with Crippen LogP contribution in [0.2, 0.25) is 0 Å². The minimum Gasteiger partial charge on any atom is -0.298 e. The van der Waals surface area contributed by atoms with Crippen LogP contribution in [0.25, 0.3) is 16.2 Å². The summed E-state index contributed by atoms with van der Waals surface area (Å²) >= 11 is 1.58. The van der Waals surface area contributed by atoms with Crippen LogP contribution in [0.5, 0.6) is 0 Å². The molecule has 1 aromatic carbocycles. The summed E-state index contributed by atoms with van der Waals surface area (Å²) in [6, 6.07) is 7.48. The van der Waals surface area contributed by atoms with Crippen LogP contribution in [0.1, 0.15) is 10.4 Å². The molecule has 0 fully saturated rings. The molecule has 3 nitrogen and oxygen atoms in total. The van der Waals surface area contributed by atoms with Gasteiger partial charge in [-0.1, -0.05) is 24.3 Å². The van der Waals surface area contributed by atoms with Gasteiger partial charge in [0.15, 0.2) is 11.2 Å². The third-order valence-electron chi connectivity index (χ3n) is 2.46. The van der Waals surface area contributed by atoms with Gasteiger partial charge in [-0.15, -0.1) is 11.3 Å². The van der Waals surface area contributed by atoms with Crippen molar-refractivity contribution >= 4 is 22.6 Å². The molecule has 0 radical (unpaired) electrons. The Morgan fingerprint density at radius 1 is 1.31 bits per heavy atom. The second-order valence-electron chi connectivity index (χ2n) is 3.42. The van der Waals surface area contributed by atoms with Crippen molar-refractivity contribution in [3.8, 4) is 11.3 Å². The van der Waals surface area contributed by atoms with E-state index in [0.29, 0.717) is 5.56 Å². The van der Waals surface area contributed by atoms with Gasteiger partial charge in [0.2, 0.25) is 0 Å². The van der Waals surface area contributed by atoms with Crippen molar-refractivity contribution in [1.82, 2.24) is 9.38 Å². The van der Waals surface area contributed by atoms with Gasteiger partial charge in [-0.05, 0) is 0 Å². The maximum atomic E-state index is 10.9. The Kier molecular flexibility index (Phi) is 2.08. The van der Waals surface area contributed by atoms with Gasteiger partial charge in [0.25, 0.3) is 0 Å². The van der Waals surface area contributed by atoms with E-state index < -0.39 is 0 Å². The molecule has 0 aliphatic carbocycles. The van der Waals surface area contributed by atoms with Gasteiger partial charge in [0, 0.05) is 28.9 Å². The quantitative estimate of drug-likeness (QED) is 0.632. The van der Waals surface area contributed by atoms with Gasteiger partial charge < -0.3 is 0 Å². The molecule has 0 aliphatic rings. The van der Waals surface area contributed by atoms with Crippen molar-refractivity contribution < 1.29 is 4.79 Å². The maximum Gasteiger partial charge on any atom is 0.194 e. The molecule has 0 unspecified atom stereocenters. The summed E-state index contributed by atoms with van der Waals surface area (Å²) in [4.78, 5) is 16.3. The van der Waals surface area contributed by atoms with E-state index in [-0.39, 0.29) is 0 Å². The Morgan fingerprint density at radius 2 is 2.19 bits per heavy atom. The van der Waals surface area contributed by atoms with Crippen molar-refractivity contribution in [2.75, 3.05) is 0 Å². The molecule has 16 heavy (non-hydrogen) atoms. The lowest BCUT2D eigenvalue weighted by Crippen LogP contribution is -1.86. The summed E-state index contributed by atoms with van der Waals surface area (Å²) in [6.07, 6.45) is 4.76. The minimum atomic E-state index is 0.674. The molecule has 4 heteroatoms. The second kappa shape index (κ2) is 3.57. The Balaban J connectivity index is 2.22. The topological polar surface area (TPSA) is 34.4 Å². The fourth-order valence-corrected chi connectivity index (χ4v) is 2.39. The summed E-state index contributed by atoms with van der Waals surface area (Å²) in [6.45, 7) is 0. The third kappa shape index (κ3) is 1.35. The van der Waals surface area contributed by atoms with Crippen LogP contribution in [-0.4, -0.2) is 15.7 Å². The number of thiazole rings is 1. The summed E-state index contributed by atoms with van der Waals surface area (Å²) in [5, 5.41) is 1.98. The zero-order valence-corrected chi connectivity index (χ0v) is 9.15. The summed E-state index contributed by atoms with van der Waals surface area (Å²) in [7, 11) is 0. The number of rotatable bonds is 2. The van der Waals surface area contributed by atoms with Crippen LogP contribution in [0, 0.1) is 0 Å². The standard InChI is InChI=1S/C12H8N2OS/c15-8-9-3-1-2-4-10(9)11-7-14-5-6-16-12(14)13-11/h1-8H. The van der Waals surface area contributed by atoms with Crippen LogP contribution in [0.4, 0.5) is 0 Å². The van der Waals surface area contributed by atoms with E-state index in [1.54, 1.807) is 17.4 Å². The van der Waals surface area contributed by atoms with Crippen molar-refractivity contribution in [3.05, 3.63) is 47.6 Å². The minimum absolute atomic E-state index is 0.674. The van der Waals surface area contributed by atoms with Crippen LogP contribution in [-0.2, 0) is 0 Å². The number of fused-ring (bicyclic) bond motifs is 1. The van der Waals surface area contributed by atoms with Crippen molar-refractivity contribution in [2.24, 2.45) is 0 Å². The highest BCUT2D eigenvalue weighted by Crippen LogP contribution is 2.23. The van der Waals surface area contributed by atoms with Crippen molar-refractivity contribution in [3.63, 3.8) is 0 Å². The highest BCUT2D eigenvalue weighted by atomic mass is 32.1. The van der Waals surface area contributed by atoms with Gasteiger partial charge in [-0.3, -0.25) is 9.20 Å². The highest BCUT2D eigenvalue weighted by molar-refractivity contribution is 7.15. The molecule has 2 heterocycles. The van der Waals surface area contributed by atoms with Gasteiger partial charge in [0.05, 0.1) is 5.69 Å². The van der Waals surface area contributed by atoms with Gasteiger partial charge in [-0.2, -0.15) is 0 Å². The lowest BCUT2D eigenvalue weighted by molar-refractivity contribution is 0.112. The van der Waals surface area contributed by atoms with Crippen molar-refractivity contribution in [2.45, 2.75) is 0 Å². The normalized spacial score (nSPS) is 10.8. The fourth-order valence-electron chi connectivity index (χ4n) is 1.69. The largest absolute Gasteiger partial charge is 0.298 e. The maximum absolute atomic E-state index is 10.9. The number of nitrogens with zero attached hydrogens (tertiary/aromatic N) is 2. The first kappa shape index (κ1) is 9.30. The summed E-state index contributed by atoms with van der Waals surface area (Å²) < 4.78 is 1.96. The Hall–Kier alpha value is -1.94. The first-order chi connectivity index (χ1) is 7.88. The van der Waals surface area contributed by atoms with Crippen LogP contribution >= 0.6 is 11.3 Å². The van der Waals surface area contributed by atoms with E-state index >= 15 is 0 Å². The number of aromatic nitrogens is 2. The Morgan fingerprint density at radius 3 is 3.00 bits per heavy atom. The number of aldehydes is 1. The summed E-state index contributed by atoms with van der Waals surface area (Å²) in [5.41, 5.74) is 2.40. The van der Waals surface area contributed by atoms with Gasteiger partial charge in [-0.25, -0.2) is 4.98 Å². The molecular formula is C12H8N2OS. The molecule has 0 spiro atoms. The Bertz CT molecular complexity index is 625.